The number of aliphatic hydroxyl groups excluding tert-OH is 11. The number of carboxylic acids is 2. The maximum atomic E-state index is 12.4. The van der Waals surface area contributed by atoms with Crippen LogP contribution in [0.3, 0.4) is 0 Å². The van der Waals surface area contributed by atoms with Gasteiger partial charge in [-0.25, -0.2) is 0 Å². The molecular formula is C50H85N3O28S4-2. The van der Waals surface area contributed by atoms with Gasteiger partial charge in [0, 0.05) is 88.6 Å². The van der Waals surface area contributed by atoms with E-state index in [-0.39, 0.29) is 63.8 Å². The first kappa shape index (κ1) is 75.4. The lowest BCUT2D eigenvalue weighted by Crippen LogP contribution is -2.63. The number of hydrogen-bond donors (Lipinski definition) is 14. The second-order valence-electron chi connectivity index (χ2n) is 19.9. The highest BCUT2D eigenvalue weighted by Crippen LogP contribution is 2.32. The Hall–Kier alpha value is -2.09. The van der Waals surface area contributed by atoms with Crippen LogP contribution in [-0.4, -0.2) is 321 Å². The van der Waals surface area contributed by atoms with E-state index >= 15 is 0 Å². The minimum Gasteiger partial charge on any atom is -0.550 e. The zero-order valence-corrected chi connectivity index (χ0v) is 50.3. The second-order valence-corrected chi connectivity index (χ2v) is 24.6. The van der Waals surface area contributed by atoms with Gasteiger partial charge in [-0.15, -0.1) is 11.8 Å². The van der Waals surface area contributed by atoms with Gasteiger partial charge < -0.3 is 139 Å². The molecule has 31 nitrogen and oxygen atoms in total. The molecule has 0 aromatic carbocycles. The first-order valence-electron chi connectivity index (χ1n) is 27.8. The molecule has 14 N–H and O–H groups in total. The lowest BCUT2D eigenvalue weighted by molar-refractivity contribution is -0.348. The van der Waals surface area contributed by atoms with E-state index in [9.17, 15) is 90.4 Å². The van der Waals surface area contributed by atoms with Crippen molar-refractivity contribution >= 4 is 76.7 Å². The lowest BCUT2D eigenvalue weighted by Gasteiger charge is -2.45. The molecule has 4 rings (SSSR count). The fraction of sp³-hybridized carbons (Fsp3) is 0.900. The van der Waals surface area contributed by atoms with Crippen molar-refractivity contribution in [3.8, 4) is 0 Å². The first-order chi connectivity index (χ1) is 40.7. The summed E-state index contributed by atoms with van der Waals surface area (Å²) in [5.41, 5.74) is -1.06. The van der Waals surface area contributed by atoms with Gasteiger partial charge in [0.05, 0.1) is 32.2 Å². The van der Waals surface area contributed by atoms with Crippen LogP contribution >= 0.6 is 47.0 Å². The van der Waals surface area contributed by atoms with Gasteiger partial charge in [-0.1, -0.05) is 0 Å². The molecule has 4 aliphatic rings. The third-order valence-corrected chi connectivity index (χ3v) is 17.8. The Morgan fingerprint density at radius 3 is 1.21 bits per heavy atom. The molecule has 0 spiro atoms. The van der Waals surface area contributed by atoms with Crippen molar-refractivity contribution in [2.45, 2.75) is 167 Å². The lowest BCUT2D eigenvalue weighted by atomic mass is 9.97. The SMILES string of the molecule is CO[C@H]1O[C@H](CO[C@H]2O[C@H](CO[C@H]3O[C@H](CO)[C@@H](O)[C@H](O)[C@H]3OCCCSCCNC(=O)CS[C@H]3OC(CO)[C@@H](O)[C@H](O)C3O)[C@@H](O)[C@H](O)[C@H]2OCCCSCCNC(=O)CCC(=O)[O-])[C@@H](O)[C@H](O)[C@H]1OCCCSCCNC(=O)CCC(=O)[O-]. The Bertz CT molecular complexity index is 1930. The number of nitrogens with one attached hydrogen (secondary N) is 3. The molecule has 3 amide bonds. The highest BCUT2D eigenvalue weighted by atomic mass is 32.2. The number of rotatable bonds is 42. The summed E-state index contributed by atoms with van der Waals surface area (Å²) in [7, 11) is 1.30. The predicted molar refractivity (Wildman–Crippen MR) is 297 cm³/mol. The number of ether oxygens (including phenoxy) is 10. The molecule has 4 aliphatic heterocycles. The summed E-state index contributed by atoms with van der Waals surface area (Å²) in [4.78, 5) is 57.2. The van der Waals surface area contributed by atoms with Crippen LogP contribution in [0, 0.1) is 0 Å². The number of carboxylic acid groups (broad SMARTS) is 2. The van der Waals surface area contributed by atoms with Crippen LogP contribution in [0.15, 0.2) is 0 Å². The molecule has 85 heavy (non-hydrogen) atoms. The molecule has 4 fully saturated rings. The summed E-state index contributed by atoms with van der Waals surface area (Å²) in [6.45, 7) is -1.40. The van der Waals surface area contributed by atoms with E-state index in [0.717, 1.165) is 11.8 Å². The molecular weight excluding hydrogens is 1220 g/mol. The summed E-state index contributed by atoms with van der Waals surface area (Å²) >= 11 is 5.30. The Labute approximate surface area is 508 Å². The number of methoxy groups -OCH3 is 1. The van der Waals surface area contributed by atoms with Gasteiger partial charge in [0.15, 0.2) is 18.9 Å². The fourth-order valence-electron chi connectivity index (χ4n) is 8.77. The van der Waals surface area contributed by atoms with Crippen LogP contribution in [0.25, 0.3) is 0 Å². The van der Waals surface area contributed by atoms with Gasteiger partial charge in [0.25, 0.3) is 0 Å². The van der Waals surface area contributed by atoms with E-state index in [1.165, 1.54) is 42.4 Å². The Morgan fingerprint density at radius 2 is 0.800 bits per heavy atom. The number of thioether (sulfide) groups is 4. The van der Waals surface area contributed by atoms with Gasteiger partial charge in [0.1, 0.15) is 103 Å². The normalized spacial score (nSPS) is 33.3. The number of aliphatic carboxylic acids is 2. The smallest absolute Gasteiger partial charge is 0.230 e. The molecule has 494 valence electrons. The number of carbonyl (C=O) groups excluding carboxylic acids is 5. The standard InChI is InChI=1S/C50H87N3O28S4/c1-72-47-44(73-12-2-15-82-18-9-51-30(56)5-7-33(59)60)41(69)37(65)28(79-47)23-77-49-46(75-14-4-16-83-19-10-52-31(57)6-8-34(61)62)42(70)38(66)29(80-49)24-76-48-45(40(68)36(64)26(21-54)78-48)74-13-3-17-84-20-11-53-32(58)25-85-50-43(71)39(67)35(63)27(22-55)81-50/h26-29,35-50,54-55,63-71H,2-25H2,1H3,(H,51,56)(H,52,57)(H,53,58)(H,59,60)(H,61,62)/p-2/t26-,27?,28-,29-,35-,36-,37-,38-,39+,40+,41+,42+,43?,44-,45-,46-,47+,48+,49+,50-/m1/s1. The first-order valence-corrected chi connectivity index (χ1v) is 32.4. The van der Waals surface area contributed by atoms with E-state index in [1.54, 1.807) is 0 Å². The molecule has 0 bridgehead atoms. The van der Waals surface area contributed by atoms with Crippen molar-refractivity contribution in [1.82, 2.24) is 16.0 Å². The molecule has 4 saturated heterocycles. The third-order valence-electron chi connectivity index (χ3n) is 13.5. The third kappa shape index (κ3) is 26.0. The van der Waals surface area contributed by atoms with Gasteiger partial charge in [-0.2, -0.15) is 35.3 Å². The molecule has 0 aliphatic carbocycles. The van der Waals surface area contributed by atoms with Crippen molar-refractivity contribution in [2.24, 2.45) is 0 Å². The predicted octanol–water partition coefficient (Wildman–Crippen LogP) is -8.53. The van der Waals surface area contributed by atoms with Crippen molar-refractivity contribution in [3.05, 3.63) is 0 Å². The molecule has 0 saturated carbocycles. The second kappa shape index (κ2) is 41.3. The summed E-state index contributed by atoms with van der Waals surface area (Å²) in [6, 6.07) is 0. The van der Waals surface area contributed by atoms with Crippen molar-refractivity contribution in [3.63, 3.8) is 0 Å². The van der Waals surface area contributed by atoms with Gasteiger partial charge in [-0.05, 0) is 49.4 Å². The number of hydrogen-bond acceptors (Lipinski definition) is 32. The van der Waals surface area contributed by atoms with Crippen LogP contribution < -0.4 is 26.2 Å². The molecule has 0 radical (unpaired) electrons. The summed E-state index contributed by atoms with van der Waals surface area (Å²) in [6.07, 6.45) is -27.4. The zero-order chi connectivity index (χ0) is 62.4. The molecule has 20 atom stereocenters. The van der Waals surface area contributed by atoms with Gasteiger partial charge >= 0.3 is 0 Å². The van der Waals surface area contributed by atoms with Crippen LogP contribution in [0.2, 0.25) is 0 Å². The molecule has 35 heteroatoms. The molecule has 0 aromatic heterocycles. The number of carbonyl (C=O) groups is 5. The van der Waals surface area contributed by atoms with E-state index in [2.05, 4.69) is 16.0 Å². The van der Waals surface area contributed by atoms with Gasteiger partial charge in [-0.3, -0.25) is 14.4 Å². The fourth-order valence-corrected chi connectivity index (χ4v) is 12.1. The van der Waals surface area contributed by atoms with E-state index in [0.29, 0.717) is 60.3 Å². The van der Waals surface area contributed by atoms with Crippen LogP contribution in [-0.2, 0) is 71.3 Å². The zero-order valence-electron chi connectivity index (χ0n) is 47.0. The van der Waals surface area contributed by atoms with E-state index in [1.807, 2.05) is 0 Å². The highest BCUT2D eigenvalue weighted by molar-refractivity contribution is 8.00. The molecule has 2 unspecified atom stereocenters. The van der Waals surface area contributed by atoms with Crippen molar-refractivity contribution in [2.75, 3.05) is 113 Å². The summed E-state index contributed by atoms with van der Waals surface area (Å²) in [5, 5.41) is 146. The molecule has 0 aromatic rings. The minimum atomic E-state index is -1.71. The average molecular weight is 1300 g/mol. The summed E-state index contributed by atoms with van der Waals surface area (Å²) in [5.74, 6) is -0.887. The average Bonchev–Trinajstić information content (AvgIpc) is 3.63. The number of amides is 3. The maximum absolute atomic E-state index is 12.4. The molecule has 4 heterocycles. The van der Waals surface area contributed by atoms with Crippen LogP contribution in [0.1, 0.15) is 44.9 Å². The Kier molecular flexibility index (Phi) is 36.6. The van der Waals surface area contributed by atoms with Crippen molar-refractivity contribution < 1.29 is 138 Å². The Balaban J connectivity index is 1.30. The van der Waals surface area contributed by atoms with E-state index in [4.69, 9.17) is 47.4 Å². The highest BCUT2D eigenvalue weighted by Gasteiger charge is 2.51. The quantitative estimate of drug-likeness (QED) is 0.0252. The topological polar surface area (TPSA) is 482 Å². The van der Waals surface area contributed by atoms with Crippen LogP contribution in [0.4, 0.5) is 0 Å². The van der Waals surface area contributed by atoms with Gasteiger partial charge in [0.2, 0.25) is 17.7 Å². The largest absolute Gasteiger partial charge is 0.550 e. The van der Waals surface area contributed by atoms with Crippen LogP contribution in [0.5, 0.6) is 0 Å². The minimum absolute atomic E-state index is 0.000753. The monoisotopic (exact) mass is 1300 g/mol. The maximum Gasteiger partial charge on any atom is 0.230 e. The van der Waals surface area contributed by atoms with Crippen molar-refractivity contribution in [1.29, 1.82) is 0 Å². The van der Waals surface area contributed by atoms with E-state index < -0.39 is 179 Å². The summed E-state index contributed by atoms with van der Waals surface area (Å²) < 4.78 is 58.7. The number of aliphatic hydroxyl groups is 11. The Morgan fingerprint density at radius 1 is 0.435 bits per heavy atom.